The van der Waals surface area contributed by atoms with E-state index in [0.717, 1.165) is 44.0 Å². The number of hydrogen-bond donors (Lipinski definition) is 1. The largest absolute Gasteiger partial charge is 0.416 e. The quantitative estimate of drug-likeness (QED) is 0.801. The van der Waals surface area contributed by atoms with Gasteiger partial charge in [0.05, 0.1) is 11.2 Å². The van der Waals surface area contributed by atoms with Crippen molar-refractivity contribution in [3.05, 3.63) is 35.4 Å². The first-order valence-corrected chi connectivity index (χ1v) is 8.21. The van der Waals surface area contributed by atoms with Gasteiger partial charge < -0.3 is 10.1 Å². The first kappa shape index (κ1) is 18.3. The summed E-state index contributed by atoms with van der Waals surface area (Å²) in [5.74, 6) is 0. The fourth-order valence-electron chi connectivity index (χ4n) is 3.61. The van der Waals surface area contributed by atoms with E-state index in [2.05, 4.69) is 5.32 Å². The molecule has 5 heteroatoms. The lowest BCUT2D eigenvalue weighted by atomic mass is 9.67. The Balaban J connectivity index is 2.37. The number of ether oxygens (including phenoxy) is 1. The first-order chi connectivity index (χ1) is 10.7. The van der Waals surface area contributed by atoms with Crippen LogP contribution in [0.3, 0.4) is 0 Å². The van der Waals surface area contributed by atoms with Crippen molar-refractivity contribution in [1.82, 2.24) is 5.32 Å². The molecule has 1 heterocycles. The third-order valence-electron chi connectivity index (χ3n) is 4.67. The molecule has 0 amide bonds. The van der Waals surface area contributed by atoms with Crippen molar-refractivity contribution in [3.63, 3.8) is 0 Å². The molecule has 0 unspecified atom stereocenters. The third-order valence-corrected chi connectivity index (χ3v) is 4.67. The molecule has 1 aliphatic rings. The van der Waals surface area contributed by atoms with Crippen LogP contribution in [0.15, 0.2) is 24.3 Å². The number of hydrogen-bond acceptors (Lipinski definition) is 2. The average Bonchev–Trinajstić information content (AvgIpc) is 2.46. The molecule has 2 rings (SSSR count). The van der Waals surface area contributed by atoms with E-state index in [-0.39, 0.29) is 11.0 Å². The van der Waals surface area contributed by atoms with Gasteiger partial charge in [-0.15, -0.1) is 0 Å². The highest BCUT2D eigenvalue weighted by Crippen LogP contribution is 2.45. The Kier molecular flexibility index (Phi) is 5.41. The predicted octanol–water partition coefficient (Wildman–Crippen LogP) is 4.53. The van der Waals surface area contributed by atoms with Crippen molar-refractivity contribution in [2.45, 2.75) is 57.2 Å². The highest BCUT2D eigenvalue weighted by molar-refractivity contribution is 5.33. The van der Waals surface area contributed by atoms with Crippen LogP contribution in [0.25, 0.3) is 0 Å². The lowest BCUT2D eigenvalue weighted by Gasteiger charge is -2.45. The Labute approximate surface area is 136 Å². The van der Waals surface area contributed by atoms with Crippen LogP contribution in [0.1, 0.15) is 51.2 Å². The topological polar surface area (TPSA) is 21.3 Å². The standard InChI is InChI=1S/C18H26F3NO/c1-4-22-10-8-17(9-11-23-16(2,3)13-17)14-6-5-7-15(12-14)18(19,20)21/h5-7,12,22H,4,8-11,13H2,1-3H3/t17-/m1/s1. The smallest absolute Gasteiger partial charge is 0.376 e. The van der Waals surface area contributed by atoms with Crippen molar-refractivity contribution in [2.75, 3.05) is 19.7 Å². The van der Waals surface area contributed by atoms with Gasteiger partial charge in [-0.3, -0.25) is 0 Å². The van der Waals surface area contributed by atoms with Crippen LogP contribution in [-0.2, 0) is 16.3 Å². The molecular weight excluding hydrogens is 303 g/mol. The van der Waals surface area contributed by atoms with Gasteiger partial charge in [-0.1, -0.05) is 25.1 Å². The van der Waals surface area contributed by atoms with E-state index in [4.69, 9.17) is 4.74 Å². The average molecular weight is 329 g/mol. The maximum Gasteiger partial charge on any atom is 0.416 e. The van der Waals surface area contributed by atoms with E-state index in [1.807, 2.05) is 26.8 Å². The summed E-state index contributed by atoms with van der Waals surface area (Å²) in [4.78, 5) is 0. The van der Waals surface area contributed by atoms with Gasteiger partial charge in [0.15, 0.2) is 0 Å². The van der Waals surface area contributed by atoms with Crippen LogP contribution in [0.4, 0.5) is 13.2 Å². The SMILES string of the molecule is CCNCC[C@@]1(c2cccc(C(F)(F)F)c2)CCOC(C)(C)C1. The second-order valence-corrected chi connectivity index (χ2v) is 7.00. The highest BCUT2D eigenvalue weighted by atomic mass is 19.4. The maximum atomic E-state index is 13.1. The lowest BCUT2D eigenvalue weighted by Crippen LogP contribution is -2.45. The van der Waals surface area contributed by atoms with E-state index in [1.54, 1.807) is 0 Å². The van der Waals surface area contributed by atoms with Gasteiger partial charge in [-0.25, -0.2) is 0 Å². The van der Waals surface area contributed by atoms with Crippen molar-refractivity contribution in [1.29, 1.82) is 0 Å². The molecule has 1 aliphatic heterocycles. The van der Waals surface area contributed by atoms with Gasteiger partial charge in [0.1, 0.15) is 0 Å². The molecule has 1 atom stereocenters. The Hall–Kier alpha value is -1.07. The number of benzene rings is 1. The summed E-state index contributed by atoms with van der Waals surface area (Å²) in [6.45, 7) is 8.30. The van der Waals surface area contributed by atoms with Crippen molar-refractivity contribution in [3.8, 4) is 0 Å². The Morgan fingerprint density at radius 2 is 2.00 bits per heavy atom. The zero-order chi connectivity index (χ0) is 17.1. The van der Waals surface area contributed by atoms with Gasteiger partial charge in [0.2, 0.25) is 0 Å². The van der Waals surface area contributed by atoms with Crippen molar-refractivity contribution < 1.29 is 17.9 Å². The predicted molar refractivity (Wildman–Crippen MR) is 85.5 cm³/mol. The van der Waals surface area contributed by atoms with E-state index < -0.39 is 11.7 Å². The minimum atomic E-state index is -4.31. The van der Waals surface area contributed by atoms with Crippen LogP contribution in [0.2, 0.25) is 0 Å². The van der Waals surface area contributed by atoms with Crippen LogP contribution < -0.4 is 5.32 Å². The zero-order valence-corrected chi connectivity index (χ0v) is 14.1. The van der Waals surface area contributed by atoms with Crippen molar-refractivity contribution >= 4 is 0 Å². The molecular formula is C18H26F3NO. The summed E-state index contributed by atoms with van der Waals surface area (Å²) in [6.07, 6.45) is -2.01. The number of halogens is 3. The molecule has 1 N–H and O–H groups in total. The second kappa shape index (κ2) is 6.81. The second-order valence-electron chi connectivity index (χ2n) is 7.00. The summed E-state index contributed by atoms with van der Waals surface area (Å²) in [5.41, 5.74) is -0.382. The number of rotatable bonds is 5. The minimum absolute atomic E-state index is 0.273. The van der Waals surface area contributed by atoms with Gasteiger partial charge in [0.25, 0.3) is 0 Å². The molecule has 1 aromatic carbocycles. The molecule has 23 heavy (non-hydrogen) atoms. The fourth-order valence-corrected chi connectivity index (χ4v) is 3.61. The lowest BCUT2D eigenvalue weighted by molar-refractivity contribution is -0.137. The molecule has 1 saturated heterocycles. The van der Waals surface area contributed by atoms with Gasteiger partial charge in [-0.2, -0.15) is 13.2 Å². The highest BCUT2D eigenvalue weighted by Gasteiger charge is 2.42. The fraction of sp³-hybridized carbons (Fsp3) is 0.667. The van der Waals surface area contributed by atoms with Crippen LogP contribution in [0.5, 0.6) is 0 Å². The molecule has 130 valence electrons. The Morgan fingerprint density at radius 1 is 1.26 bits per heavy atom. The molecule has 0 spiro atoms. The molecule has 2 nitrogen and oxygen atoms in total. The molecule has 0 saturated carbocycles. The van der Waals surface area contributed by atoms with Crippen LogP contribution in [-0.4, -0.2) is 25.3 Å². The van der Waals surface area contributed by atoms with Gasteiger partial charge in [0, 0.05) is 12.0 Å². The van der Waals surface area contributed by atoms with Gasteiger partial charge >= 0.3 is 6.18 Å². The Bertz CT molecular complexity index is 527. The summed E-state index contributed by atoms with van der Waals surface area (Å²) in [6, 6.07) is 5.83. The number of alkyl halides is 3. The molecule has 0 aliphatic carbocycles. The summed E-state index contributed by atoms with van der Waals surface area (Å²) in [7, 11) is 0. The Morgan fingerprint density at radius 3 is 2.61 bits per heavy atom. The van der Waals surface area contributed by atoms with Crippen LogP contribution in [0, 0.1) is 0 Å². The molecule has 0 radical (unpaired) electrons. The zero-order valence-electron chi connectivity index (χ0n) is 14.1. The summed E-state index contributed by atoms with van der Waals surface area (Å²) >= 11 is 0. The first-order valence-electron chi connectivity index (χ1n) is 8.21. The van der Waals surface area contributed by atoms with E-state index in [1.165, 1.54) is 12.1 Å². The monoisotopic (exact) mass is 329 g/mol. The van der Waals surface area contributed by atoms with E-state index in [0.29, 0.717) is 6.61 Å². The minimum Gasteiger partial charge on any atom is -0.376 e. The summed E-state index contributed by atoms with van der Waals surface area (Å²) in [5, 5.41) is 3.30. The van der Waals surface area contributed by atoms with Crippen LogP contribution >= 0.6 is 0 Å². The molecule has 0 bridgehead atoms. The van der Waals surface area contributed by atoms with E-state index in [9.17, 15) is 13.2 Å². The van der Waals surface area contributed by atoms with E-state index >= 15 is 0 Å². The number of nitrogens with one attached hydrogen (secondary N) is 1. The maximum absolute atomic E-state index is 13.1. The third kappa shape index (κ3) is 4.48. The summed E-state index contributed by atoms with van der Waals surface area (Å²) < 4.78 is 45.0. The van der Waals surface area contributed by atoms with Crippen molar-refractivity contribution in [2.24, 2.45) is 0 Å². The molecule has 1 aromatic rings. The normalized spacial score (nSPS) is 24.6. The molecule has 1 fully saturated rings. The molecule has 0 aromatic heterocycles. The van der Waals surface area contributed by atoms with Gasteiger partial charge in [-0.05, 0) is 57.8 Å².